The average molecular weight is 302 g/mol. The minimum absolute atomic E-state index is 0.408. The minimum Gasteiger partial charge on any atom is -0.497 e. The fourth-order valence-corrected chi connectivity index (χ4v) is 2.15. The Hall–Kier alpha value is -2.53. The standard InChI is InChI=1S/C15H12ClN3O2/c1-20-10-3-4-13-11(7-10)15(19-8-18-13)21-14-5-2-9(17)6-12(14)16/h2-8H,17H2,1H3. The highest BCUT2D eigenvalue weighted by atomic mass is 35.5. The van der Waals surface area contributed by atoms with Crippen LogP contribution in [0.25, 0.3) is 10.9 Å². The monoisotopic (exact) mass is 301 g/mol. The van der Waals surface area contributed by atoms with Crippen LogP contribution in [0.3, 0.4) is 0 Å². The summed E-state index contributed by atoms with van der Waals surface area (Å²) in [6.07, 6.45) is 1.44. The van der Waals surface area contributed by atoms with Crippen LogP contribution in [0.2, 0.25) is 5.02 Å². The van der Waals surface area contributed by atoms with Crippen molar-refractivity contribution in [3.63, 3.8) is 0 Å². The lowest BCUT2D eigenvalue weighted by Crippen LogP contribution is -1.93. The molecule has 106 valence electrons. The zero-order valence-corrected chi connectivity index (χ0v) is 12.0. The SMILES string of the molecule is COc1ccc2ncnc(Oc3ccc(N)cc3Cl)c2c1. The van der Waals surface area contributed by atoms with E-state index in [-0.39, 0.29) is 0 Å². The van der Waals surface area contributed by atoms with Gasteiger partial charge in [-0.1, -0.05) is 11.6 Å². The molecule has 3 rings (SSSR count). The molecule has 1 aromatic heterocycles. The maximum absolute atomic E-state index is 6.12. The van der Waals surface area contributed by atoms with Gasteiger partial charge < -0.3 is 15.2 Å². The number of halogens is 1. The Morgan fingerprint density at radius 3 is 2.71 bits per heavy atom. The van der Waals surface area contributed by atoms with E-state index in [0.717, 1.165) is 10.9 Å². The van der Waals surface area contributed by atoms with Crippen LogP contribution < -0.4 is 15.2 Å². The van der Waals surface area contributed by atoms with E-state index < -0.39 is 0 Å². The third kappa shape index (κ3) is 2.68. The maximum Gasteiger partial charge on any atom is 0.230 e. The maximum atomic E-state index is 6.12. The summed E-state index contributed by atoms with van der Waals surface area (Å²) in [5.74, 6) is 1.59. The molecule has 0 radical (unpaired) electrons. The molecule has 21 heavy (non-hydrogen) atoms. The summed E-state index contributed by atoms with van der Waals surface area (Å²) >= 11 is 6.12. The van der Waals surface area contributed by atoms with Gasteiger partial charge in [0.1, 0.15) is 17.8 Å². The third-order valence-corrected chi connectivity index (χ3v) is 3.26. The largest absolute Gasteiger partial charge is 0.497 e. The number of rotatable bonds is 3. The highest BCUT2D eigenvalue weighted by Crippen LogP contribution is 2.33. The van der Waals surface area contributed by atoms with Crippen molar-refractivity contribution in [1.82, 2.24) is 9.97 Å². The molecule has 2 aromatic carbocycles. The van der Waals surface area contributed by atoms with Crippen LogP contribution in [0.4, 0.5) is 5.69 Å². The van der Waals surface area contributed by atoms with Crippen molar-refractivity contribution in [3.8, 4) is 17.4 Å². The number of ether oxygens (including phenoxy) is 2. The summed E-state index contributed by atoms with van der Waals surface area (Å²) in [7, 11) is 1.60. The topological polar surface area (TPSA) is 70.3 Å². The summed E-state index contributed by atoms with van der Waals surface area (Å²) in [6, 6.07) is 10.5. The Kier molecular flexibility index (Phi) is 3.50. The van der Waals surface area contributed by atoms with Crippen molar-refractivity contribution in [2.75, 3.05) is 12.8 Å². The van der Waals surface area contributed by atoms with Crippen molar-refractivity contribution >= 4 is 28.2 Å². The quantitative estimate of drug-likeness (QED) is 0.747. The zero-order valence-electron chi connectivity index (χ0n) is 11.2. The van der Waals surface area contributed by atoms with Gasteiger partial charge in [0, 0.05) is 5.69 Å². The average Bonchev–Trinajstić information content (AvgIpc) is 2.50. The van der Waals surface area contributed by atoms with Gasteiger partial charge in [0.05, 0.1) is 23.0 Å². The number of benzene rings is 2. The number of nitrogens with zero attached hydrogens (tertiary/aromatic N) is 2. The van der Waals surface area contributed by atoms with Crippen molar-refractivity contribution in [1.29, 1.82) is 0 Å². The predicted molar refractivity (Wildman–Crippen MR) is 82.0 cm³/mol. The molecule has 0 fully saturated rings. The molecule has 0 saturated heterocycles. The number of methoxy groups -OCH3 is 1. The van der Waals surface area contributed by atoms with Crippen molar-refractivity contribution in [2.24, 2.45) is 0 Å². The first-order valence-corrected chi connectivity index (χ1v) is 6.57. The Balaban J connectivity index is 2.07. The fraction of sp³-hybridized carbons (Fsp3) is 0.0667. The molecular formula is C15H12ClN3O2. The minimum atomic E-state index is 0.408. The molecule has 0 unspecified atom stereocenters. The first-order valence-electron chi connectivity index (χ1n) is 6.19. The Morgan fingerprint density at radius 1 is 1.10 bits per heavy atom. The van der Waals surface area contributed by atoms with E-state index in [1.165, 1.54) is 6.33 Å². The number of aromatic nitrogens is 2. The Bertz CT molecular complexity index is 808. The van der Waals surface area contributed by atoms with Crippen molar-refractivity contribution < 1.29 is 9.47 Å². The molecule has 0 atom stereocenters. The number of hydrogen-bond acceptors (Lipinski definition) is 5. The highest BCUT2D eigenvalue weighted by molar-refractivity contribution is 6.32. The van der Waals surface area contributed by atoms with Crippen LogP contribution in [-0.2, 0) is 0 Å². The van der Waals surface area contributed by atoms with Gasteiger partial charge in [0.15, 0.2) is 0 Å². The van der Waals surface area contributed by atoms with Gasteiger partial charge in [0.25, 0.3) is 0 Å². The Morgan fingerprint density at radius 2 is 1.95 bits per heavy atom. The van der Waals surface area contributed by atoms with Crippen molar-refractivity contribution in [2.45, 2.75) is 0 Å². The lowest BCUT2D eigenvalue weighted by atomic mass is 10.2. The molecule has 2 N–H and O–H groups in total. The van der Waals surface area contributed by atoms with E-state index in [9.17, 15) is 0 Å². The van der Waals surface area contributed by atoms with Gasteiger partial charge in [-0.25, -0.2) is 9.97 Å². The lowest BCUT2D eigenvalue weighted by Gasteiger charge is -2.10. The zero-order chi connectivity index (χ0) is 14.8. The molecule has 3 aromatic rings. The van der Waals surface area contributed by atoms with E-state index in [1.807, 2.05) is 18.2 Å². The molecule has 0 aliphatic rings. The normalized spacial score (nSPS) is 10.6. The number of hydrogen-bond donors (Lipinski definition) is 1. The van der Waals surface area contributed by atoms with Gasteiger partial charge in [0.2, 0.25) is 5.88 Å². The first kappa shape index (κ1) is 13.5. The van der Waals surface area contributed by atoms with Crippen LogP contribution in [0.1, 0.15) is 0 Å². The third-order valence-electron chi connectivity index (χ3n) is 2.97. The van der Waals surface area contributed by atoms with Crippen molar-refractivity contribution in [3.05, 3.63) is 47.7 Å². The second-order valence-corrected chi connectivity index (χ2v) is 4.76. The summed E-state index contributed by atoms with van der Waals surface area (Å²) in [4.78, 5) is 8.36. The molecule has 5 nitrogen and oxygen atoms in total. The summed E-state index contributed by atoms with van der Waals surface area (Å²) in [5.41, 5.74) is 6.99. The van der Waals surface area contributed by atoms with E-state index in [0.29, 0.717) is 28.1 Å². The molecule has 0 bridgehead atoms. The van der Waals surface area contributed by atoms with Crippen LogP contribution >= 0.6 is 11.6 Å². The Labute approximate surface area is 126 Å². The molecule has 0 amide bonds. The highest BCUT2D eigenvalue weighted by Gasteiger charge is 2.10. The molecule has 0 aliphatic heterocycles. The van der Waals surface area contributed by atoms with Crippen LogP contribution in [-0.4, -0.2) is 17.1 Å². The van der Waals surface area contributed by atoms with Gasteiger partial charge >= 0.3 is 0 Å². The molecule has 6 heteroatoms. The second-order valence-electron chi connectivity index (χ2n) is 4.35. The van der Waals surface area contributed by atoms with Crippen LogP contribution in [0, 0.1) is 0 Å². The number of nitrogens with two attached hydrogens (primary N) is 1. The predicted octanol–water partition coefficient (Wildman–Crippen LogP) is 3.67. The van der Waals surface area contributed by atoms with Gasteiger partial charge in [-0.3, -0.25) is 0 Å². The summed E-state index contributed by atoms with van der Waals surface area (Å²) < 4.78 is 11.0. The first-order chi connectivity index (χ1) is 10.2. The lowest BCUT2D eigenvalue weighted by molar-refractivity contribution is 0.415. The molecule has 1 heterocycles. The molecule has 0 aliphatic carbocycles. The molecular weight excluding hydrogens is 290 g/mol. The second kappa shape index (κ2) is 5.46. The number of anilines is 1. The summed E-state index contributed by atoms with van der Waals surface area (Å²) in [6.45, 7) is 0. The van der Waals surface area contributed by atoms with E-state index in [1.54, 1.807) is 25.3 Å². The van der Waals surface area contributed by atoms with Crippen LogP contribution in [0.15, 0.2) is 42.7 Å². The van der Waals surface area contributed by atoms with E-state index in [4.69, 9.17) is 26.8 Å². The smallest absolute Gasteiger partial charge is 0.230 e. The molecule has 0 spiro atoms. The van der Waals surface area contributed by atoms with Gasteiger partial charge in [-0.05, 0) is 36.4 Å². The summed E-state index contributed by atoms with van der Waals surface area (Å²) in [5, 5.41) is 1.16. The number of nitrogen functional groups attached to an aromatic ring is 1. The molecule has 0 saturated carbocycles. The fourth-order valence-electron chi connectivity index (χ4n) is 1.92. The van der Waals surface area contributed by atoms with E-state index in [2.05, 4.69) is 9.97 Å². The van der Waals surface area contributed by atoms with E-state index >= 15 is 0 Å². The van der Waals surface area contributed by atoms with Crippen LogP contribution in [0.5, 0.6) is 17.4 Å². The van der Waals surface area contributed by atoms with Gasteiger partial charge in [-0.2, -0.15) is 0 Å². The van der Waals surface area contributed by atoms with Gasteiger partial charge in [-0.15, -0.1) is 0 Å². The number of fused-ring (bicyclic) bond motifs is 1.